The highest BCUT2D eigenvalue weighted by atomic mass is 16.5. The molecular weight excluding hydrogens is 348 g/mol. The minimum atomic E-state index is -0.723. The number of hydrogen-bond donors (Lipinski definition) is 2. The van der Waals surface area contributed by atoms with Crippen molar-refractivity contribution in [3.05, 3.63) is 64.7 Å². The van der Waals surface area contributed by atoms with Gasteiger partial charge in [0.2, 0.25) is 0 Å². The molecule has 0 aromatic heterocycles. The first-order valence-corrected chi connectivity index (χ1v) is 8.32. The Kier molecular flexibility index (Phi) is 7.08. The van der Waals surface area contributed by atoms with Crippen LogP contribution in [0.4, 0.5) is 10.5 Å². The molecule has 0 saturated carbocycles. The van der Waals surface area contributed by atoms with Crippen molar-refractivity contribution < 1.29 is 23.9 Å². The van der Waals surface area contributed by atoms with Gasteiger partial charge in [-0.15, -0.1) is 0 Å². The third kappa shape index (κ3) is 6.23. The highest BCUT2D eigenvalue weighted by molar-refractivity contribution is 6.02. The van der Waals surface area contributed by atoms with Gasteiger partial charge in [0.05, 0.1) is 12.2 Å². The van der Waals surface area contributed by atoms with Crippen LogP contribution in [-0.4, -0.2) is 31.6 Å². The first-order valence-electron chi connectivity index (χ1n) is 8.32. The van der Waals surface area contributed by atoms with Gasteiger partial charge in [-0.25, -0.2) is 9.59 Å². The van der Waals surface area contributed by atoms with Crippen molar-refractivity contribution >= 4 is 23.6 Å². The zero-order valence-electron chi connectivity index (χ0n) is 15.5. The second-order valence-corrected chi connectivity index (χ2v) is 6.03. The number of nitrogens with one attached hydrogen (secondary N) is 2. The van der Waals surface area contributed by atoms with E-state index in [1.807, 2.05) is 32.0 Å². The van der Waals surface area contributed by atoms with Crippen LogP contribution in [0.1, 0.15) is 27.0 Å². The molecule has 2 N–H and O–H groups in total. The van der Waals surface area contributed by atoms with E-state index in [0.29, 0.717) is 17.9 Å². The van der Waals surface area contributed by atoms with Gasteiger partial charge in [-0.3, -0.25) is 10.1 Å². The molecule has 2 aromatic carbocycles. The fraction of sp³-hybridized carbons (Fsp3) is 0.250. The Morgan fingerprint density at radius 3 is 2.52 bits per heavy atom. The predicted molar refractivity (Wildman–Crippen MR) is 101 cm³/mol. The molecular formula is C20H22N2O5. The highest BCUT2D eigenvalue weighted by Gasteiger charge is 2.13. The Hall–Kier alpha value is -3.19. The Bertz CT molecular complexity index is 848. The standard InChI is InChI=1S/C20H22N2O5/c1-13-7-8-17(14(2)9-13)21-20(25)22-18(23)12-27-19(24)16-6-4-5-15(10-16)11-26-3/h4-10H,11-12H2,1-3H3,(H2,21,22,23,25). The molecule has 2 aromatic rings. The van der Waals surface area contributed by atoms with Crippen LogP contribution in [0.5, 0.6) is 0 Å². The molecule has 0 bridgehead atoms. The minimum absolute atomic E-state index is 0.303. The quantitative estimate of drug-likeness (QED) is 0.763. The average molecular weight is 370 g/mol. The number of imide groups is 1. The van der Waals surface area contributed by atoms with Crippen LogP contribution >= 0.6 is 0 Å². The summed E-state index contributed by atoms with van der Waals surface area (Å²) >= 11 is 0. The summed E-state index contributed by atoms with van der Waals surface area (Å²) < 4.78 is 9.95. The maximum Gasteiger partial charge on any atom is 0.338 e. The summed E-state index contributed by atoms with van der Waals surface area (Å²) in [6.07, 6.45) is 0. The van der Waals surface area contributed by atoms with E-state index in [2.05, 4.69) is 10.6 Å². The first kappa shape index (κ1) is 20.1. The summed E-state index contributed by atoms with van der Waals surface area (Å²) in [6, 6.07) is 11.5. The number of anilines is 1. The number of benzene rings is 2. The SMILES string of the molecule is COCc1cccc(C(=O)OCC(=O)NC(=O)Nc2ccc(C)cc2C)c1. The number of methoxy groups -OCH3 is 1. The molecule has 0 aliphatic carbocycles. The smallest absolute Gasteiger partial charge is 0.338 e. The van der Waals surface area contributed by atoms with E-state index in [9.17, 15) is 14.4 Å². The zero-order valence-corrected chi connectivity index (χ0v) is 15.5. The second kappa shape index (κ2) is 9.49. The lowest BCUT2D eigenvalue weighted by atomic mass is 10.1. The van der Waals surface area contributed by atoms with Gasteiger partial charge < -0.3 is 14.8 Å². The topological polar surface area (TPSA) is 93.7 Å². The van der Waals surface area contributed by atoms with E-state index < -0.39 is 24.5 Å². The maximum atomic E-state index is 12.0. The summed E-state index contributed by atoms with van der Waals surface area (Å²) in [4.78, 5) is 35.7. The first-order chi connectivity index (χ1) is 12.9. The summed E-state index contributed by atoms with van der Waals surface area (Å²) in [5.74, 6) is -1.38. The zero-order chi connectivity index (χ0) is 19.8. The number of aryl methyl sites for hydroxylation is 2. The number of carbonyl (C=O) groups excluding carboxylic acids is 3. The van der Waals surface area contributed by atoms with E-state index in [1.54, 1.807) is 31.4 Å². The van der Waals surface area contributed by atoms with Crippen molar-refractivity contribution in [2.75, 3.05) is 19.0 Å². The number of esters is 1. The molecule has 0 heterocycles. The van der Waals surface area contributed by atoms with Crippen LogP contribution in [0.15, 0.2) is 42.5 Å². The minimum Gasteiger partial charge on any atom is -0.452 e. The van der Waals surface area contributed by atoms with Crippen molar-refractivity contribution in [2.24, 2.45) is 0 Å². The third-order valence-corrected chi connectivity index (χ3v) is 3.69. The number of rotatable bonds is 6. The van der Waals surface area contributed by atoms with Crippen molar-refractivity contribution in [3.8, 4) is 0 Å². The van der Waals surface area contributed by atoms with Crippen molar-refractivity contribution in [2.45, 2.75) is 20.5 Å². The molecule has 3 amide bonds. The molecule has 0 fully saturated rings. The van der Waals surface area contributed by atoms with Crippen LogP contribution in [0, 0.1) is 13.8 Å². The molecule has 0 atom stereocenters. The van der Waals surface area contributed by atoms with E-state index in [0.717, 1.165) is 16.7 Å². The number of ether oxygens (including phenoxy) is 2. The summed E-state index contributed by atoms with van der Waals surface area (Å²) in [5, 5.41) is 4.71. The lowest BCUT2D eigenvalue weighted by Crippen LogP contribution is -2.37. The van der Waals surface area contributed by atoms with Crippen molar-refractivity contribution in [3.63, 3.8) is 0 Å². The van der Waals surface area contributed by atoms with Crippen LogP contribution < -0.4 is 10.6 Å². The molecule has 0 aliphatic rings. The lowest BCUT2D eigenvalue weighted by Gasteiger charge is -2.10. The van der Waals surface area contributed by atoms with Gasteiger partial charge in [0, 0.05) is 12.8 Å². The van der Waals surface area contributed by atoms with E-state index in [1.165, 1.54) is 0 Å². The van der Waals surface area contributed by atoms with Crippen LogP contribution in [0.2, 0.25) is 0 Å². The molecule has 27 heavy (non-hydrogen) atoms. The second-order valence-electron chi connectivity index (χ2n) is 6.03. The monoisotopic (exact) mass is 370 g/mol. The van der Waals surface area contributed by atoms with Gasteiger partial charge in [-0.05, 0) is 43.2 Å². The van der Waals surface area contributed by atoms with E-state index in [4.69, 9.17) is 9.47 Å². The molecule has 0 radical (unpaired) electrons. The normalized spacial score (nSPS) is 10.2. The third-order valence-electron chi connectivity index (χ3n) is 3.69. The van der Waals surface area contributed by atoms with E-state index >= 15 is 0 Å². The highest BCUT2D eigenvalue weighted by Crippen LogP contribution is 2.15. The molecule has 2 rings (SSSR count). The summed E-state index contributed by atoms with van der Waals surface area (Å²) in [6.45, 7) is 3.59. The van der Waals surface area contributed by atoms with Crippen LogP contribution in [0.25, 0.3) is 0 Å². The molecule has 0 saturated heterocycles. The Morgan fingerprint density at radius 2 is 1.81 bits per heavy atom. The van der Waals surface area contributed by atoms with Crippen molar-refractivity contribution in [1.82, 2.24) is 5.32 Å². The average Bonchev–Trinajstić information content (AvgIpc) is 2.62. The molecule has 7 nitrogen and oxygen atoms in total. The molecule has 142 valence electrons. The number of carbonyl (C=O) groups is 3. The lowest BCUT2D eigenvalue weighted by molar-refractivity contribution is -0.123. The van der Waals surface area contributed by atoms with Crippen molar-refractivity contribution in [1.29, 1.82) is 0 Å². The van der Waals surface area contributed by atoms with E-state index in [-0.39, 0.29) is 0 Å². The van der Waals surface area contributed by atoms with Gasteiger partial charge in [-0.1, -0.05) is 29.8 Å². The molecule has 0 unspecified atom stereocenters. The van der Waals surface area contributed by atoms with Crippen LogP contribution in [-0.2, 0) is 20.9 Å². The number of urea groups is 1. The Labute approximate surface area is 157 Å². The maximum absolute atomic E-state index is 12.0. The van der Waals surface area contributed by atoms with Gasteiger partial charge in [0.25, 0.3) is 5.91 Å². The summed E-state index contributed by atoms with van der Waals surface area (Å²) in [5.41, 5.74) is 3.65. The van der Waals surface area contributed by atoms with Crippen LogP contribution in [0.3, 0.4) is 0 Å². The molecule has 0 aliphatic heterocycles. The number of hydrogen-bond acceptors (Lipinski definition) is 5. The Morgan fingerprint density at radius 1 is 1.04 bits per heavy atom. The Balaban J connectivity index is 1.83. The largest absolute Gasteiger partial charge is 0.452 e. The van der Waals surface area contributed by atoms with Gasteiger partial charge >= 0.3 is 12.0 Å². The fourth-order valence-corrected chi connectivity index (χ4v) is 2.44. The number of amides is 3. The van der Waals surface area contributed by atoms with Gasteiger partial charge in [0.15, 0.2) is 6.61 Å². The fourth-order valence-electron chi connectivity index (χ4n) is 2.44. The van der Waals surface area contributed by atoms with Gasteiger partial charge in [-0.2, -0.15) is 0 Å². The molecule has 0 spiro atoms. The summed E-state index contributed by atoms with van der Waals surface area (Å²) in [7, 11) is 1.55. The molecule has 7 heteroatoms. The van der Waals surface area contributed by atoms with Gasteiger partial charge in [0.1, 0.15) is 0 Å². The predicted octanol–water partition coefficient (Wildman–Crippen LogP) is 2.95.